The molecule has 0 aliphatic rings. The predicted molar refractivity (Wildman–Crippen MR) is 342 cm³/mol. The van der Waals surface area contributed by atoms with Crippen LogP contribution in [0.4, 0.5) is 18.9 Å². The zero-order valence-corrected chi connectivity index (χ0v) is 48.0. The molecule has 0 unspecified atom stereocenters. The van der Waals surface area contributed by atoms with Gasteiger partial charge in [-0.05, 0) is 220 Å². The number of hydrogen-bond acceptors (Lipinski definition) is 0. The fourth-order valence-corrected chi connectivity index (χ4v) is 13.1. The lowest BCUT2D eigenvalue weighted by molar-refractivity contribution is -0.137. The molecule has 0 saturated carbocycles. The molecule has 2 aromatic heterocycles. The summed E-state index contributed by atoms with van der Waals surface area (Å²) in [6.45, 7) is 27.6. The van der Waals surface area contributed by atoms with Gasteiger partial charge in [-0.15, -0.1) is 0 Å². The average molecular weight is 1080 g/mol. The summed E-state index contributed by atoms with van der Waals surface area (Å²) < 4.78 is 48.5. The smallest absolute Gasteiger partial charge is 0.309 e. The highest BCUT2D eigenvalue weighted by Gasteiger charge is 2.31. The number of fused-ring (bicyclic) bond motifs is 6. The van der Waals surface area contributed by atoms with Crippen LogP contribution in [-0.2, 0) is 6.18 Å². The first kappa shape index (κ1) is 52.7. The van der Waals surface area contributed by atoms with Crippen LogP contribution in [0.25, 0.3) is 127 Å². The molecule has 0 N–H and O–H groups in total. The summed E-state index contributed by atoms with van der Waals surface area (Å²) in [6.07, 6.45) is -4.55. The second-order valence-electron chi connectivity index (χ2n) is 23.2. The van der Waals surface area contributed by atoms with Crippen LogP contribution in [0.2, 0.25) is 0 Å². The van der Waals surface area contributed by atoms with Gasteiger partial charge in [-0.2, -0.15) is 13.2 Å². The lowest BCUT2D eigenvalue weighted by atomic mass is 9.94. The SMILES string of the molecule is [C-]#[N+]c1ccc(-n2c3ccc(-c4cc(C)cc(C)c4)cc3c3cc(-c4cc(C)cc(C)c4)ccc32)cc1-c1cc(-c2cc(C)cc(C(F)(F)F)c2)ccc1-n1c2ccc(-c3cc(C)cc(C)c3)cc2c2cc(-c3cc(C)cc(C)c3)ccc21. The molecule has 3 nitrogen and oxygen atoms in total. The third-order valence-corrected chi connectivity index (χ3v) is 16.4. The Bertz CT molecular complexity index is 4600. The van der Waals surface area contributed by atoms with E-state index >= 15 is 0 Å². The van der Waals surface area contributed by atoms with E-state index in [9.17, 15) is 13.2 Å². The molecule has 2 heterocycles. The first-order valence-corrected chi connectivity index (χ1v) is 28.2. The number of benzene rings is 11. The van der Waals surface area contributed by atoms with Crippen molar-refractivity contribution in [3.05, 3.63) is 267 Å². The lowest BCUT2D eigenvalue weighted by Gasteiger charge is -2.19. The van der Waals surface area contributed by atoms with E-state index in [4.69, 9.17) is 6.57 Å². The zero-order valence-electron chi connectivity index (χ0n) is 48.0. The van der Waals surface area contributed by atoms with Crippen molar-refractivity contribution >= 4 is 49.3 Å². The molecule has 0 bridgehead atoms. The number of alkyl halides is 3. The van der Waals surface area contributed by atoms with Crippen molar-refractivity contribution in [1.29, 1.82) is 0 Å². The Labute approximate surface area is 483 Å². The number of halogens is 3. The van der Waals surface area contributed by atoms with Crippen molar-refractivity contribution in [1.82, 2.24) is 9.13 Å². The molecule has 6 heteroatoms. The molecule has 0 fully saturated rings. The molecule has 0 radical (unpaired) electrons. The summed E-state index contributed by atoms with van der Waals surface area (Å²) in [5, 5.41) is 4.28. The van der Waals surface area contributed by atoms with Gasteiger partial charge in [0.25, 0.3) is 0 Å². The van der Waals surface area contributed by atoms with Gasteiger partial charge in [0.15, 0.2) is 5.69 Å². The van der Waals surface area contributed by atoms with Crippen LogP contribution in [0.1, 0.15) is 55.6 Å². The minimum Gasteiger partial charge on any atom is -0.309 e. The summed E-state index contributed by atoms with van der Waals surface area (Å²) in [4.78, 5) is 4.22. The number of rotatable bonds is 8. The highest BCUT2D eigenvalue weighted by atomic mass is 19.4. The monoisotopic (exact) mass is 1080 g/mol. The first-order chi connectivity index (χ1) is 39.8. The molecule has 0 amide bonds. The maximum Gasteiger partial charge on any atom is 0.416 e. The average Bonchev–Trinajstić information content (AvgIpc) is 4.16. The minimum absolute atomic E-state index is 0.414. The van der Waals surface area contributed by atoms with Crippen molar-refractivity contribution in [3.63, 3.8) is 0 Å². The number of aryl methyl sites for hydroxylation is 9. The number of aromatic nitrogens is 2. The van der Waals surface area contributed by atoms with Gasteiger partial charge in [-0.25, -0.2) is 4.85 Å². The van der Waals surface area contributed by atoms with Gasteiger partial charge in [-0.3, -0.25) is 0 Å². The van der Waals surface area contributed by atoms with Crippen molar-refractivity contribution in [2.75, 3.05) is 0 Å². The van der Waals surface area contributed by atoms with Gasteiger partial charge >= 0.3 is 6.18 Å². The quantitative estimate of drug-likeness (QED) is 0.135. The highest BCUT2D eigenvalue weighted by Crippen LogP contribution is 2.46. The van der Waals surface area contributed by atoms with E-state index in [1.165, 1.54) is 56.6 Å². The van der Waals surface area contributed by atoms with Crippen molar-refractivity contribution in [2.24, 2.45) is 0 Å². The van der Waals surface area contributed by atoms with E-state index in [0.717, 1.165) is 99.5 Å². The molecule has 0 saturated heterocycles. The molecule has 11 aromatic carbocycles. The van der Waals surface area contributed by atoms with E-state index in [0.29, 0.717) is 33.5 Å². The van der Waals surface area contributed by atoms with Crippen LogP contribution < -0.4 is 0 Å². The Hall–Kier alpha value is -9.70. The summed E-state index contributed by atoms with van der Waals surface area (Å²) in [5.74, 6) is 0. The Morgan fingerprint density at radius 3 is 0.988 bits per heavy atom. The number of hydrogen-bond donors (Lipinski definition) is 0. The van der Waals surface area contributed by atoms with Crippen LogP contribution >= 0.6 is 0 Å². The van der Waals surface area contributed by atoms with Crippen LogP contribution in [-0.4, -0.2) is 9.13 Å². The van der Waals surface area contributed by atoms with E-state index in [2.05, 4.69) is 221 Å². The Morgan fingerprint density at radius 1 is 0.301 bits per heavy atom. The first-order valence-electron chi connectivity index (χ1n) is 28.2. The van der Waals surface area contributed by atoms with Crippen LogP contribution in [0.5, 0.6) is 0 Å². The van der Waals surface area contributed by atoms with Crippen LogP contribution in [0.15, 0.2) is 200 Å². The van der Waals surface area contributed by atoms with Gasteiger partial charge < -0.3 is 9.13 Å². The Kier molecular flexibility index (Phi) is 12.7. The summed E-state index contributed by atoms with van der Waals surface area (Å²) in [5.41, 5.74) is 26.6. The van der Waals surface area contributed by atoms with Gasteiger partial charge in [-0.1, -0.05) is 160 Å². The molecule has 404 valence electrons. The maximum absolute atomic E-state index is 14.6. The summed E-state index contributed by atoms with van der Waals surface area (Å²) in [6, 6.07) is 69.6. The largest absolute Gasteiger partial charge is 0.416 e. The fourth-order valence-electron chi connectivity index (χ4n) is 13.1. The molecular weight excluding hydrogens is 1020 g/mol. The van der Waals surface area contributed by atoms with Crippen molar-refractivity contribution in [2.45, 2.75) is 68.5 Å². The molecule has 13 rings (SSSR count). The van der Waals surface area contributed by atoms with E-state index in [1.54, 1.807) is 13.0 Å². The van der Waals surface area contributed by atoms with E-state index in [-0.39, 0.29) is 0 Å². The summed E-state index contributed by atoms with van der Waals surface area (Å²) >= 11 is 0. The third-order valence-electron chi connectivity index (χ3n) is 16.4. The van der Waals surface area contributed by atoms with Gasteiger partial charge in [0.05, 0.1) is 39.9 Å². The number of nitrogens with zero attached hydrogens (tertiary/aromatic N) is 3. The van der Waals surface area contributed by atoms with Crippen molar-refractivity contribution < 1.29 is 13.2 Å². The second-order valence-corrected chi connectivity index (χ2v) is 23.2. The molecule has 0 aliphatic heterocycles. The Morgan fingerprint density at radius 2 is 0.627 bits per heavy atom. The van der Waals surface area contributed by atoms with Crippen LogP contribution in [0.3, 0.4) is 0 Å². The third kappa shape index (κ3) is 9.66. The molecular formula is C77H60F3N3. The predicted octanol–water partition coefficient (Wildman–Crippen LogP) is 22.2. The van der Waals surface area contributed by atoms with Crippen molar-refractivity contribution in [3.8, 4) is 78.1 Å². The molecule has 83 heavy (non-hydrogen) atoms. The normalized spacial score (nSPS) is 11.8. The lowest BCUT2D eigenvalue weighted by Crippen LogP contribution is -2.05. The second kappa shape index (κ2) is 20.1. The Balaban J connectivity index is 1.09. The molecule has 0 aliphatic carbocycles. The van der Waals surface area contributed by atoms with Crippen LogP contribution in [0, 0.1) is 68.9 Å². The van der Waals surface area contributed by atoms with E-state index < -0.39 is 11.7 Å². The maximum atomic E-state index is 14.6. The standard InChI is InChI=1S/C77H60F3N3/c1-44-23-45(2)28-58(27-44)53-11-18-72-67(39-53)68-40-54(59-29-46(3)24-47(4)30-59)12-19-73(68)82(72)64-16-17-71(81-10)65(43-64)66-38-57(62-35-52(9)36-63(37-62)77(78,79)80)15-20-74(66)83-75-21-13-55(60-31-48(5)25-49(6)32-60)41-69(75)70-42-56(14-22-76(70)83)61-33-50(7)26-51(8)34-61/h11-43H,1-9H3. The van der Waals surface area contributed by atoms with Gasteiger partial charge in [0.1, 0.15) is 0 Å². The molecule has 0 atom stereocenters. The fraction of sp³-hybridized carbons (Fsp3) is 0.130. The van der Waals surface area contributed by atoms with Gasteiger partial charge in [0.2, 0.25) is 0 Å². The molecule has 0 spiro atoms. The minimum atomic E-state index is -4.55. The zero-order chi connectivity index (χ0) is 57.7. The highest BCUT2D eigenvalue weighted by molar-refractivity contribution is 6.14. The summed E-state index contributed by atoms with van der Waals surface area (Å²) in [7, 11) is 0. The van der Waals surface area contributed by atoms with Gasteiger partial charge in [0, 0.05) is 27.2 Å². The molecule has 13 aromatic rings. The van der Waals surface area contributed by atoms with E-state index in [1.807, 2.05) is 30.3 Å². The topological polar surface area (TPSA) is 14.2 Å².